The molecule has 3 atom stereocenters. The topological polar surface area (TPSA) is 37.3 Å². The van der Waals surface area contributed by atoms with Gasteiger partial charge in [0.25, 0.3) is 0 Å². The molecule has 1 aliphatic carbocycles. The number of fused-ring (bicyclic) bond motifs is 1. The highest BCUT2D eigenvalue weighted by Crippen LogP contribution is 2.46. The van der Waals surface area contributed by atoms with Crippen molar-refractivity contribution in [3.8, 4) is 0 Å². The highest BCUT2D eigenvalue weighted by atomic mass is 16.4. The molecule has 0 saturated heterocycles. The fourth-order valence-electron chi connectivity index (χ4n) is 3.33. The third-order valence-electron chi connectivity index (χ3n) is 4.92. The van der Waals surface area contributed by atoms with Crippen molar-refractivity contribution in [2.75, 3.05) is 0 Å². The summed E-state index contributed by atoms with van der Waals surface area (Å²) in [5, 5.41) is 11.6. The van der Waals surface area contributed by atoms with Crippen molar-refractivity contribution >= 4 is 22.8 Å². The van der Waals surface area contributed by atoms with Gasteiger partial charge in [0.05, 0.1) is 5.92 Å². The zero-order valence-electron chi connectivity index (χ0n) is 13.1. The Kier molecular flexibility index (Phi) is 4.02. The van der Waals surface area contributed by atoms with E-state index >= 15 is 0 Å². The maximum atomic E-state index is 11.0. The van der Waals surface area contributed by atoms with Gasteiger partial charge in [-0.15, -0.1) is 0 Å². The van der Waals surface area contributed by atoms with Gasteiger partial charge in [0.15, 0.2) is 0 Å². The molecule has 2 heteroatoms. The molecule has 2 aromatic carbocycles. The minimum Gasteiger partial charge on any atom is -0.481 e. The summed E-state index contributed by atoms with van der Waals surface area (Å²) in [6.07, 6.45) is 6.41. The lowest BCUT2D eigenvalue weighted by Gasteiger charge is -2.06. The second kappa shape index (κ2) is 5.96. The number of rotatable bonds is 5. The smallest absolute Gasteiger partial charge is 0.306 e. The number of hydrogen-bond donors (Lipinski definition) is 1. The Hall–Kier alpha value is -2.09. The normalized spacial score (nSPS) is 22.1. The maximum absolute atomic E-state index is 11.0. The van der Waals surface area contributed by atoms with Crippen molar-refractivity contribution in [2.24, 2.45) is 17.8 Å². The molecule has 114 valence electrons. The number of carboxylic acid groups (broad SMARTS) is 1. The molecule has 2 nitrogen and oxygen atoms in total. The Balaban J connectivity index is 1.70. The highest BCUT2D eigenvalue weighted by Gasteiger charge is 2.42. The zero-order valence-corrected chi connectivity index (χ0v) is 13.1. The molecule has 1 N–H and O–H groups in total. The van der Waals surface area contributed by atoms with Crippen LogP contribution in [0.3, 0.4) is 0 Å². The van der Waals surface area contributed by atoms with Crippen molar-refractivity contribution in [1.29, 1.82) is 0 Å². The summed E-state index contributed by atoms with van der Waals surface area (Å²) >= 11 is 0. The second-order valence-electron chi connectivity index (χ2n) is 6.44. The molecule has 1 fully saturated rings. The van der Waals surface area contributed by atoms with Crippen LogP contribution < -0.4 is 0 Å². The summed E-state index contributed by atoms with van der Waals surface area (Å²) in [4.78, 5) is 11.0. The van der Waals surface area contributed by atoms with E-state index < -0.39 is 5.97 Å². The van der Waals surface area contributed by atoms with Crippen LogP contribution in [0.15, 0.2) is 42.5 Å². The van der Waals surface area contributed by atoms with E-state index in [2.05, 4.69) is 55.5 Å². The Labute approximate surface area is 131 Å². The molecular weight excluding hydrogens is 272 g/mol. The van der Waals surface area contributed by atoms with Gasteiger partial charge in [0.1, 0.15) is 0 Å². The molecule has 0 amide bonds. The van der Waals surface area contributed by atoms with Gasteiger partial charge in [0.2, 0.25) is 0 Å². The highest BCUT2D eigenvalue weighted by molar-refractivity contribution is 5.92. The summed E-state index contributed by atoms with van der Waals surface area (Å²) in [6.45, 7) is 3.96. The van der Waals surface area contributed by atoms with E-state index in [4.69, 9.17) is 5.11 Å². The largest absolute Gasteiger partial charge is 0.481 e. The summed E-state index contributed by atoms with van der Waals surface area (Å²) in [5.74, 6) is 0.0237. The zero-order chi connectivity index (χ0) is 15.7. The summed E-state index contributed by atoms with van der Waals surface area (Å²) in [7, 11) is 0. The molecule has 1 saturated carbocycles. The van der Waals surface area contributed by atoms with E-state index in [1.54, 1.807) is 0 Å². The van der Waals surface area contributed by atoms with E-state index in [-0.39, 0.29) is 5.92 Å². The number of aryl methyl sites for hydroxylation is 1. The number of carboxylic acids is 1. The number of carbonyl (C=O) groups is 1. The molecule has 0 radical (unpaired) electrons. The first-order valence-electron chi connectivity index (χ1n) is 7.95. The van der Waals surface area contributed by atoms with Crippen LogP contribution in [0, 0.1) is 24.7 Å². The van der Waals surface area contributed by atoms with Crippen molar-refractivity contribution in [2.45, 2.75) is 26.7 Å². The molecular formula is C20H22O2. The Bertz CT molecular complexity index is 730. The SMILES string of the molecule is Cc1ccc(C=CCC2CC2C(C)C(=O)O)c2ccccc12. The van der Waals surface area contributed by atoms with Gasteiger partial charge in [-0.05, 0) is 53.5 Å². The predicted molar refractivity (Wildman–Crippen MR) is 90.7 cm³/mol. The van der Waals surface area contributed by atoms with Gasteiger partial charge in [-0.2, -0.15) is 0 Å². The molecule has 0 aromatic heterocycles. The molecule has 3 unspecified atom stereocenters. The first-order valence-corrected chi connectivity index (χ1v) is 7.95. The van der Waals surface area contributed by atoms with Gasteiger partial charge in [-0.1, -0.05) is 55.5 Å². The van der Waals surface area contributed by atoms with Crippen LogP contribution in [0.1, 0.15) is 30.9 Å². The third-order valence-corrected chi connectivity index (χ3v) is 4.92. The fourth-order valence-corrected chi connectivity index (χ4v) is 3.33. The number of allylic oxidation sites excluding steroid dienone is 1. The molecule has 22 heavy (non-hydrogen) atoms. The van der Waals surface area contributed by atoms with Crippen molar-refractivity contribution in [3.05, 3.63) is 53.6 Å². The Morgan fingerprint density at radius 2 is 2.00 bits per heavy atom. The average Bonchev–Trinajstić information content (AvgIpc) is 3.28. The quantitative estimate of drug-likeness (QED) is 0.851. The first kappa shape index (κ1) is 14.8. The standard InChI is InChI=1S/C20H22O2/c1-13-10-11-15(18-9-4-3-8-17(13)18)6-5-7-16-12-19(16)14(2)20(21)22/h3-6,8-11,14,16,19H,7,12H2,1-2H3,(H,21,22). The minimum atomic E-state index is -0.666. The molecule has 1 aliphatic rings. The van der Waals surface area contributed by atoms with Crippen LogP contribution in [-0.4, -0.2) is 11.1 Å². The van der Waals surface area contributed by atoms with Crippen LogP contribution in [0.2, 0.25) is 0 Å². The minimum absolute atomic E-state index is 0.210. The van der Waals surface area contributed by atoms with E-state index in [0.717, 1.165) is 12.8 Å². The Morgan fingerprint density at radius 1 is 1.27 bits per heavy atom. The monoisotopic (exact) mass is 294 g/mol. The number of aliphatic carboxylic acids is 1. The third kappa shape index (κ3) is 2.92. The Morgan fingerprint density at radius 3 is 2.73 bits per heavy atom. The lowest BCUT2D eigenvalue weighted by atomic mass is 9.99. The van der Waals surface area contributed by atoms with Crippen molar-refractivity contribution < 1.29 is 9.90 Å². The molecule has 2 aromatic rings. The average molecular weight is 294 g/mol. The second-order valence-corrected chi connectivity index (χ2v) is 6.44. The van der Waals surface area contributed by atoms with Gasteiger partial charge in [-0.3, -0.25) is 4.79 Å². The molecule has 0 bridgehead atoms. The first-order chi connectivity index (χ1) is 10.6. The van der Waals surface area contributed by atoms with Crippen LogP contribution in [-0.2, 0) is 4.79 Å². The van der Waals surface area contributed by atoms with Crippen LogP contribution in [0.5, 0.6) is 0 Å². The van der Waals surface area contributed by atoms with Gasteiger partial charge in [0, 0.05) is 0 Å². The maximum Gasteiger partial charge on any atom is 0.306 e. The van der Waals surface area contributed by atoms with Crippen molar-refractivity contribution in [1.82, 2.24) is 0 Å². The number of benzene rings is 2. The summed E-state index contributed by atoms with van der Waals surface area (Å²) in [5.41, 5.74) is 2.54. The van der Waals surface area contributed by atoms with Crippen LogP contribution >= 0.6 is 0 Å². The van der Waals surface area contributed by atoms with Gasteiger partial charge >= 0.3 is 5.97 Å². The van der Waals surface area contributed by atoms with E-state index in [0.29, 0.717) is 11.8 Å². The van der Waals surface area contributed by atoms with Crippen LogP contribution in [0.4, 0.5) is 0 Å². The molecule has 0 spiro atoms. The lowest BCUT2D eigenvalue weighted by Crippen LogP contribution is -2.12. The molecule has 3 rings (SSSR count). The van der Waals surface area contributed by atoms with Gasteiger partial charge in [-0.25, -0.2) is 0 Å². The van der Waals surface area contributed by atoms with E-state index in [9.17, 15) is 4.79 Å². The lowest BCUT2D eigenvalue weighted by molar-refractivity contribution is -0.141. The van der Waals surface area contributed by atoms with E-state index in [1.807, 2.05) is 6.92 Å². The van der Waals surface area contributed by atoms with E-state index in [1.165, 1.54) is 21.9 Å². The molecule has 0 aliphatic heterocycles. The summed E-state index contributed by atoms with van der Waals surface area (Å²) < 4.78 is 0. The number of hydrogen-bond acceptors (Lipinski definition) is 1. The van der Waals surface area contributed by atoms with Crippen molar-refractivity contribution in [3.63, 3.8) is 0 Å². The summed E-state index contributed by atoms with van der Waals surface area (Å²) in [6, 6.07) is 12.8. The van der Waals surface area contributed by atoms with Gasteiger partial charge < -0.3 is 5.11 Å². The molecule has 0 heterocycles. The fraction of sp³-hybridized carbons (Fsp3) is 0.350. The van der Waals surface area contributed by atoms with Crippen LogP contribution in [0.25, 0.3) is 16.8 Å². The predicted octanol–water partition coefficient (Wildman–Crippen LogP) is 4.91.